The van der Waals surface area contributed by atoms with E-state index < -0.39 is 0 Å². The highest BCUT2D eigenvalue weighted by Crippen LogP contribution is 2.18. The molecule has 0 aliphatic carbocycles. The zero-order chi connectivity index (χ0) is 11.3. The quantitative estimate of drug-likeness (QED) is 0.785. The fourth-order valence-corrected chi connectivity index (χ4v) is 1.51. The van der Waals surface area contributed by atoms with Crippen LogP contribution in [0.3, 0.4) is 0 Å². The first-order valence-corrected chi connectivity index (χ1v) is 5.17. The highest BCUT2D eigenvalue weighted by molar-refractivity contribution is 9.10. The van der Waals surface area contributed by atoms with Crippen LogP contribution in [0.4, 0.5) is 0 Å². The maximum atomic E-state index is 11.2. The molecule has 78 valence electrons. The standard InChI is InChI=1S/C10H9BrN2O2/c1-2-15-10(14)5-9-7(6-12)8(11)3-4-13-9/h3-4H,2,5H2,1H3. The van der Waals surface area contributed by atoms with Crippen LogP contribution in [0, 0.1) is 11.3 Å². The summed E-state index contributed by atoms with van der Waals surface area (Å²) in [6.45, 7) is 2.06. The average molecular weight is 269 g/mol. The van der Waals surface area contributed by atoms with E-state index in [1.165, 1.54) is 0 Å². The van der Waals surface area contributed by atoms with E-state index in [0.29, 0.717) is 22.3 Å². The fourth-order valence-electron chi connectivity index (χ4n) is 1.08. The number of rotatable bonds is 3. The molecule has 0 bridgehead atoms. The first-order chi connectivity index (χ1) is 7.19. The number of nitriles is 1. The van der Waals surface area contributed by atoms with Crippen molar-refractivity contribution in [1.29, 1.82) is 5.26 Å². The van der Waals surface area contributed by atoms with Crippen molar-refractivity contribution in [1.82, 2.24) is 4.98 Å². The van der Waals surface area contributed by atoms with Gasteiger partial charge in [-0.25, -0.2) is 0 Å². The van der Waals surface area contributed by atoms with E-state index in [-0.39, 0.29) is 12.4 Å². The Morgan fingerprint density at radius 3 is 3.07 bits per heavy atom. The molecular formula is C10H9BrN2O2. The summed E-state index contributed by atoms with van der Waals surface area (Å²) in [6, 6.07) is 3.65. The van der Waals surface area contributed by atoms with Crippen LogP contribution >= 0.6 is 15.9 Å². The highest BCUT2D eigenvalue weighted by atomic mass is 79.9. The molecular weight excluding hydrogens is 260 g/mol. The van der Waals surface area contributed by atoms with E-state index in [1.807, 2.05) is 6.07 Å². The van der Waals surface area contributed by atoms with Gasteiger partial charge in [0.05, 0.1) is 24.3 Å². The second-order valence-corrected chi connectivity index (χ2v) is 3.56. The van der Waals surface area contributed by atoms with E-state index >= 15 is 0 Å². The number of halogens is 1. The van der Waals surface area contributed by atoms with Gasteiger partial charge in [0.15, 0.2) is 0 Å². The number of aromatic nitrogens is 1. The molecule has 15 heavy (non-hydrogen) atoms. The molecule has 4 nitrogen and oxygen atoms in total. The van der Waals surface area contributed by atoms with E-state index in [9.17, 15) is 4.79 Å². The zero-order valence-corrected chi connectivity index (χ0v) is 9.74. The summed E-state index contributed by atoms with van der Waals surface area (Å²) in [4.78, 5) is 15.2. The first-order valence-electron chi connectivity index (χ1n) is 4.38. The molecule has 1 rings (SSSR count). The zero-order valence-electron chi connectivity index (χ0n) is 8.16. The Morgan fingerprint density at radius 1 is 1.73 bits per heavy atom. The number of ether oxygens (including phenoxy) is 1. The molecule has 1 heterocycles. The Bertz CT molecular complexity index is 412. The number of nitrogens with zero attached hydrogens (tertiary/aromatic N) is 2. The van der Waals surface area contributed by atoms with Gasteiger partial charge in [-0.3, -0.25) is 9.78 Å². The van der Waals surface area contributed by atoms with Crippen molar-refractivity contribution in [2.45, 2.75) is 13.3 Å². The number of carbonyl (C=O) groups excluding carboxylic acids is 1. The number of esters is 1. The van der Waals surface area contributed by atoms with Crippen molar-refractivity contribution in [2.75, 3.05) is 6.61 Å². The normalized spacial score (nSPS) is 9.40. The van der Waals surface area contributed by atoms with Crippen LogP contribution in [0.2, 0.25) is 0 Å². The third-order valence-electron chi connectivity index (χ3n) is 1.71. The summed E-state index contributed by atoms with van der Waals surface area (Å²) >= 11 is 3.22. The SMILES string of the molecule is CCOC(=O)Cc1nccc(Br)c1C#N. The van der Waals surface area contributed by atoms with Gasteiger partial charge in [-0.05, 0) is 28.9 Å². The molecule has 0 amide bonds. The van der Waals surface area contributed by atoms with Crippen molar-refractivity contribution in [3.05, 3.63) is 28.0 Å². The average Bonchev–Trinajstić information content (AvgIpc) is 2.18. The van der Waals surface area contributed by atoms with Crippen LogP contribution in [-0.4, -0.2) is 17.6 Å². The van der Waals surface area contributed by atoms with Crippen molar-refractivity contribution in [2.24, 2.45) is 0 Å². The van der Waals surface area contributed by atoms with Crippen LogP contribution in [0.1, 0.15) is 18.2 Å². The Hall–Kier alpha value is -1.41. The molecule has 0 unspecified atom stereocenters. The Balaban J connectivity index is 2.91. The number of hydrogen-bond donors (Lipinski definition) is 0. The van der Waals surface area contributed by atoms with Crippen LogP contribution in [0.5, 0.6) is 0 Å². The minimum Gasteiger partial charge on any atom is -0.466 e. The topological polar surface area (TPSA) is 63.0 Å². The van der Waals surface area contributed by atoms with Crippen LogP contribution in [0.15, 0.2) is 16.7 Å². The lowest BCUT2D eigenvalue weighted by Gasteiger charge is -2.03. The molecule has 0 saturated heterocycles. The first kappa shape index (κ1) is 11.7. The van der Waals surface area contributed by atoms with E-state index in [2.05, 4.69) is 20.9 Å². The molecule has 5 heteroatoms. The molecule has 0 fully saturated rings. The summed E-state index contributed by atoms with van der Waals surface area (Å²) in [5.41, 5.74) is 0.816. The van der Waals surface area contributed by atoms with Gasteiger partial charge in [0.2, 0.25) is 0 Å². The van der Waals surface area contributed by atoms with Gasteiger partial charge in [-0.1, -0.05) is 0 Å². The summed E-state index contributed by atoms with van der Waals surface area (Å²) in [7, 11) is 0. The third-order valence-corrected chi connectivity index (χ3v) is 2.37. The van der Waals surface area contributed by atoms with Gasteiger partial charge >= 0.3 is 5.97 Å². The van der Waals surface area contributed by atoms with Crippen LogP contribution in [0.25, 0.3) is 0 Å². The number of hydrogen-bond acceptors (Lipinski definition) is 4. The van der Waals surface area contributed by atoms with E-state index in [4.69, 9.17) is 10.00 Å². The molecule has 1 aromatic heterocycles. The predicted molar refractivity (Wildman–Crippen MR) is 57.0 cm³/mol. The fraction of sp³-hybridized carbons (Fsp3) is 0.300. The summed E-state index contributed by atoms with van der Waals surface area (Å²) in [5, 5.41) is 8.87. The second kappa shape index (κ2) is 5.47. The predicted octanol–water partition coefficient (Wildman–Crippen LogP) is 1.82. The van der Waals surface area contributed by atoms with Gasteiger partial charge in [0, 0.05) is 10.7 Å². The molecule has 0 atom stereocenters. The minimum absolute atomic E-state index is 0.0240. The molecule has 0 aliphatic heterocycles. The molecule has 0 radical (unpaired) electrons. The van der Waals surface area contributed by atoms with Gasteiger partial charge in [-0.15, -0.1) is 0 Å². The van der Waals surface area contributed by atoms with Crippen molar-refractivity contribution in [3.8, 4) is 6.07 Å². The second-order valence-electron chi connectivity index (χ2n) is 2.71. The summed E-state index contributed by atoms with van der Waals surface area (Å²) in [5.74, 6) is -0.375. The highest BCUT2D eigenvalue weighted by Gasteiger charge is 2.12. The van der Waals surface area contributed by atoms with Gasteiger partial charge in [-0.2, -0.15) is 5.26 Å². The summed E-state index contributed by atoms with van der Waals surface area (Å²) in [6.07, 6.45) is 1.57. The maximum Gasteiger partial charge on any atom is 0.311 e. The lowest BCUT2D eigenvalue weighted by atomic mass is 10.1. The van der Waals surface area contributed by atoms with E-state index in [1.54, 1.807) is 19.2 Å². The minimum atomic E-state index is -0.375. The van der Waals surface area contributed by atoms with Crippen molar-refractivity contribution >= 4 is 21.9 Å². The van der Waals surface area contributed by atoms with Crippen LogP contribution < -0.4 is 0 Å². The van der Waals surface area contributed by atoms with Gasteiger partial charge in [0.25, 0.3) is 0 Å². The molecule has 1 aromatic rings. The van der Waals surface area contributed by atoms with Gasteiger partial charge < -0.3 is 4.74 Å². The Kier molecular flexibility index (Phi) is 4.25. The monoisotopic (exact) mass is 268 g/mol. The molecule has 0 N–H and O–H groups in total. The van der Waals surface area contributed by atoms with Crippen LogP contribution in [-0.2, 0) is 16.0 Å². The Labute approximate surface area is 96.0 Å². The Morgan fingerprint density at radius 2 is 2.47 bits per heavy atom. The largest absolute Gasteiger partial charge is 0.466 e. The molecule has 0 saturated carbocycles. The molecule has 0 spiro atoms. The van der Waals surface area contributed by atoms with Gasteiger partial charge in [0.1, 0.15) is 6.07 Å². The van der Waals surface area contributed by atoms with Crippen molar-refractivity contribution < 1.29 is 9.53 Å². The molecule has 0 aliphatic rings. The van der Waals surface area contributed by atoms with Crippen molar-refractivity contribution in [3.63, 3.8) is 0 Å². The number of carbonyl (C=O) groups is 1. The maximum absolute atomic E-state index is 11.2. The number of pyridine rings is 1. The molecule has 0 aromatic carbocycles. The lowest BCUT2D eigenvalue weighted by molar-refractivity contribution is -0.142. The lowest BCUT2D eigenvalue weighted by Crippen LogP contribution is -2.10. The smallest absolute Gasteiger partial charge is 0.311 e. The summed E-state index contributed by atoms with van der Waals surface area (Å²) < 4.78 is 5.42. The third kappa shape index (κ3) is 3.03. The van der Waals surface area contributed by atoms with E-state index in [0.717, 1.165) is 0 Å².